The van der Waals surface area contributed by atoms with E-state index in [1.54, 1.807) is 6.07 Å². The van der Waals surface area contributed by atoms with Gasteiger partial charge >= 0.3 is 0 Å². The molecule has 0 atom stereocenters. The Kier molecular flexibility index (Phi) is 5.10. The van der Waals surface area contributed by atoms with Crippen LogP contribution in [0.5, 0.6) is 0 Å². The van der Waals surface area contributed by atoms with Crippen LogP contribution in [-0.4, -0.2) is 10.8 Å². The van der Waals surface area contributed by atoms with E-state index < -0.39 is 17.2 Å². The maximum atomic E-state index is 14.0. The number of pyridine rings is 1. The fraction of sp³-hybridized carbons (Fsp3) is 0. The fourth-order valence-electron chi connectivity index (χ4n) is 3.30. The lowest BCUT2D eigenvalue weighted by atomic mass is 9.94. The first-order chi connectivity index (χ1) is 14.1. The second-order valence-electron chi connectivity index (χ2n) is 6.45. The minimum Gasteiger partial charge on any atom is -0.321 e. The molecule has 1 N–H and O–H groups in total. The average molecular weight is 404 g/mol. The molecule has 4 rings (SSSR count). The summed E-state index contributed by atoms with van der Waals surface area (Å²) < 4.78 is 14.0. The summed E-state index contributed by atoms with van der Waals surface area (Å²) in [7, 11) is 0. The molecule has 0 unspecified atom stereocenters. The van der Waals surface area contributed by atoms with E-state index in [0.29, 0.717) is 11.1 Å². The molecule has 0 fully saturated rings. The van der Waals surface area contributed by atoms with E-state index in [9.17, 15) is 14.0 Å². The van der Waals surface area contributed by atoms with Crippen molar-refractivity contribution in [3.8, 4) is 11.1 Å². The molecule has 0 saturated carbocycles. The number of hydrogen-bond acceptors (Lipinski definition) is 2. The van der Waals surface area contributed by atoms with E-state index >= 15 is 0 Å². The highest BCUT2D eigenvalue weighted by Crippen LogP contribution is 2.30. The molecular formula is C24H15ClFNO2. The minimum atomic E-state index is -0.544. The van der Waals surface area contributed by atoms with Gasteiger partial charge in [-0.3, -0.25) is 9.59 Å². The number of fused-ring (bicyclic) bond motifs is 1. The van der Waals surface area contributed by atoms with Gasteiger partial charge in [0.25, 0.3) is 5.56 Å². The van der Waals surface area contributed by atoms with Gasteiger partial charge in [0.2, 0.25) is 0 Å². The van der Waals surface area contributed by atoms with Crippen molar-refractivity contribution in [1.82, 2.24) is 4.98 Å². The zero-order valence-electron chi connectivity index (χ0n) is 15.2. The Balaban J connectivity index is 1.92. The molecule has 1 heterocycles. The molecule has 3 nitrogen and oxygen atoms in total. The molecule has 142 valence electrons. The molecule has 0 aliphatic heterocycles. The van der Waals surface area contributed by atoms with Crippen molar-refractivity contribution < 1.29 is 9.18 Å². The summed E-state index contributed by atoms with van der Waals surface area (Å²) in [6, 6.07) is 20.8. The van der Waals surface area contributed by atoms with Gasteiger partial charge in [-0.15, -0.1) is 0 Å². The van der Waals surface area contributed by atoms with Crippen molar-refractivity contribution in [2.75, 3.05) is 0 Å². The van der Waals surface area contributed by atoms with Crippen LogP contribution in [0.4, 0.5) is 4.39 Å². The molecule has 29 heavy (non-hydrogen) atoms. The standard InChI is InChI=1S/C24H15ClFNO2/c25-18-10-6-11-19(26)16(18)13-14-21(28)23-22(15-7-2-1-3-8-15)17-9-4-5-12-20(17)27-24(23)29/h1-14H,(H,27,29)/b14-13-. The number of para-hydroxylation sites is 1. The molecule has 5 heteroatoms. The van der Waals surface area contributed by atoms with Crippen molar-refractivity contribution in [2.45, 2.75) is 0 Å². The van der Waals surface area contributed by atoms with Crippen LogP contribution in [0.2, 0.25) is 5.02 Å². The number of hydrogen-bond donors (Lipinski definition) is 1. The van der Waals surface area contributed by atoms with Crippen LogP contribution in [0, 0.1) is 5.82 Å². The maximum absolute atomic E-state index is 14.0. The molecular weight excluding hydrogens is 389 g/mol. The van der Waals surface area contributed by atoms with Crippen molar-refractivity contribution >= 4 is 34.4 Å². The summed E-state index contributed by atoms with van der Waals surface area (Å²) in [5.41, 5.74) is 1.51. The van der Waals surface area contributed by atoms with Crippen LogP contribution < -0.4 is 5.56 Å². The van der Waals surface area contributed by atoms with E-state index in [4.69, 9.17) is 11.6 Å². The highest BCUT2D eigenvalue weighted by atomic mass is 35.5. The Bertz CT molecular complexity index is 1290. The number of aromatic amines is 1. The highest BCUT2D eigenvalue weighted by molar-refractivity contribution is 6.32. The Morgan fingerprint density at radius 2 is 1.66 bits per heavy atom. The zero-order chi connectivity index (χ0) is 20.4. The monoisotopic (exact) mass is 403 g/mol. The van der Waals surface area contributed by atoms with E-state index in [0.717, 1.165) is 10.9 Å². The maximum Gasteiger partial charge on any atom is 0.260 e. The Morgan fingerprint density at radius 1 is 0.931 bits per heavy atom. The summed E-state index contributed by atoms with van der Waals surface area (Å²) in [5, 5.41) is 0.934. The van der Waals surface area contributed by atoms with Gasteiger partial charge in [-0.2, -0.15) is 0 Å². The van der Waals surface area contributed by atoms with E-state index in [-0.39, 0.29) is 16.1 Å². The van der Waals surface area contributed by atoms with Crippen LogP contribution >= 0.6 is 11.6 Å². The highest BCUT2D eigenvalue weighted by Gasteiger charge is 2.19. The Labute approximate surface area is 171 Å². The number of nitrogens with one attached hydrogen (secondary N) is 1. The normalized spacial score (nSPS) is 11.2. The molecule has 4 aromatic rings. The van der Waals surface area contributed by atoms with Gasteiger partial charge in [0, 0.05) is 22.0 Å². The average Bonchev–Trinajstić information content (AvgIpc) is 2.73. The van der Waals surface area contributed by atoms with Gasteiger partial charge in [0.05, 0.1) is 10.6 Å². The number of carbonyl (C=O) groups excluding carboxylic acids is 1. The Morgan fingerprint density at radius 3 is 2.41 bits per heavy atom. The molecule has 1 aromatic heterocycles. The summed E-state index contributed by atoms with van der Waals surface area (Å²) in [4.78, 5) is 28.6. The predicted octanol–water partition coefficient (Wildman–Crippen LogP) is 5.88. The SMILES string of the molecule is O=C(/C=C\c1c(F)cccc1Cl)c1c(-c2ccccc2)c2ccccc2[nH]c1=O. The first kappa shape index (κ1) is 18.8. The summed E-state index contributed by atoms with van der Waals surface area (Å²) in [6.45, 7) is 0. The van der Waals surface area contributed by atoms with Crippen LogP contribution in [-0.2, 0) is 0 Å². The quantitative estimate of drug-likeness (QED) is 0.341. The van der Waals surface area contributed by atoms with Crippen LogP contribution in [0.1, 0.15) is 15.9 Å². The second kappa shape index (κ2) is 7.86. The van der Waals surface area contributed by atoms with Crippen molar-refractivity contribution in [2.24, 2.45) is 0 Å². The summed E-state index contributed by atoms with van der Waals surface area (Å²) >= 11 is 6.03. The minimum absolute atomic E-state index is 0.00129. The van der Waals surface area contributed by atoms with Crippen LogP contribution in [0.15, 0.2) is 83.7 Å². The van der Waals surface area contributed by atoms with Crippen molar-refractivity contribution in [1.29, 1.82) is 0 Å². The molecule has 0 bridgehead atoms. The third-order valence-corrected chi connectivity index (χ3v) is 4.96. The first-order valence-electron chi connectivity index (χ1n) is 8.93. The topological polar surface area (TPSA) is 49.9 Å². The Hall–Kier alpha value is -3.50. The lowest BCUT2D eigenvalue weighted by Crippen LogP contribution is -2.18. The number of aromatic nitrogens is 1. The van der Waals surface area contributed by atoms with Gasteiger partial charge in [-0.1, -0.05) is 66.2 Å². The smallest absolute Gasteiger partial charge is 0.260 e. The number of carbonyl (C=O) groups is 1. The van der Waals surface area contributed by atoms with Gasteiger partial charge in [0.1, 0.15) is 5.82 Å². The molecule has 0 aliphatic carbocycles. The lowest BCUT2D eigenvalue weighted by Gasteiger charge is -2.11. The number of H-pyrrole nitrogens is 1. The molecule has 0 aliphatic rings. The molecule has 0 saturated heterocycles. The van der Waals surface area contributed by atoms with Gasteiger partial charge in [-0.25, -0.2) is 4.39 Å². The number of allylic oxidation sites excluding steroid dienone is 1. The molecule has 0 radical (unpaired) electrons. The molecule has 0 spiro atoms. The van der Waals surface area contributed by atoms with Crippen LogP contribution in [0.3, 0.4) is 0 Å². The molecule has 0 amide bonds. The van der Waals surface area contributed by atoms with Gasteiger partial charge < -0.3 is 4.98 Å². The van der Waals surface area contributed by atoms with Gasteiger partial charge in [-0.05, 0) is 35.9 Å². The largest absolute Gasteiger partial charge is 0.321 e. The van der Waals surface area contributed by atoms with E-state index in [1.165, 1.54) is 30.4 Å². The summed E-state index contributed by atoms with van der Waals surface area (Å²) in [5.74, 6) is -1.08. The first-order valence-corrected chi connectivity index (χ1v) is 9.31. The van der Waals surface area contributed by atoms with Gasteiger partial charge in [0.15, 0.2) is 5.78 Å². The zero-order valence-corrected chi connectivity index (χ0v) is 15.9. The third kappa shape index (κ3) is 3.62. The van der Waals surface area contributed by atoms with E-state index in [1.807, 2.05) is 48.5 Å². The molecule has 3 aromatic carbocycles. The number of benzene rings is 3. The second-order valence-corrected chi connectivity index (χ2v) is 6.86. The third-order valence-electron chi connectivity index (χ3n) is 4.63. The fourth-order valence-corrected chi connectivity index (χ4v) is 3.52. The number of halogens is 2. The number of rotatable bonds is 4. The summed E-state index contributed by atoms with van der Waals surface area (Å²) in [6.07, 6.45) is 2.47. The van der Waals surface area contributed by atoms with Crippen LogP contribution in [0.25, 0.3) is 28.1 Å². The van der Waals surface area contributed by atoms with E-state index in [2.05, 4.69) is 4.98 Å². The number of ketones is 1. The van der Waals surface area contributed by atoms with Crippen molar-refractivity contribution in [3.05, 3.63) is 111 Å². The predicted molar refractivity (Wildman–Crippen MR) is 115 cm³/mol. The lowest BCUT2D eigenvalue weighted by molar-refractivity contribution is 0.104. The van der Waals surface area contributed by atoms with Crippen molar-refractivity contribution in [3.63, 3.8) is 0 Å².